The fraction of sp³-hybridized carbons (Fsp3) is 0.545. The molecule has 1 aliphatic heterocycles. The second kappa shape index (κ2) is 4.23. The summed E-state index contributed by atoms with van der Waals surface area (Å²) >= 11 is 5.84. The van der Waals surface area contributed by atoms with Crippen LogP contribution in [-0.4, -0.2) is 44.8 Å². The van der Waals surface area contributed by atoms with Crippen LogP contribution in [0.5, 0.6) is 0 Å². The lowest BCUT2D eigenvalue weighted by atomic mass is 10.1. The first-order chi connectivity index (χ1) is 8.24. The van der Waals surface area contributed by atoms with Crippen molar-refractivity contribution < 1.29 is 0 Å². The molecule has 0 aliphatic carbocycles. The minimum atomic E-state index is 0.284. The highest BCUT2D eigenvalue weighted by Crippen LogP contribution is 2.24. The van der Waals surface area contributed by atoms with Crippen molar-refractivity contribution in [1.82, 2.24) is 24.6 Å². The number of fused-ring (bicyclic) bond motifs is 1. The van der Waals surface area contributed by atoms with Crippen molar-refractivity contribution in [2.75, 3.05) is 20.1 Å². The van der Waals surface area contributed by atoms with Gasteiger partial charge in [-0.3, -0.25) is 0 Å². The molecule has 2 aromatic heterocycles. The first kappa shape index (κ1) is 10.9. The molecule has 0 amide bonds. The van der Waals surface area contributed by atoms with E-state index in [1.165, 1.54) is 0 Å². The Bertz CT molecular complexity index is 530. The molecule has 0 aromatic carbocycles. The highest BCUT2D eigenvalue weighted by Gasteiger charge is 2.21. The molecule has 0 saturated carbocycles. The van der Waals surface area contributed by atoms with Gasteiger partial charge < -0.3 is 4.90 Å². The van der Waals surface area contributed by atoms with Crippen LogP contribution < -0.4 is 0 Å². The van der Waals surface area contributed by atoms with Crippen molar-refractivity contribution in [2.24, 2.45) is 0 Å². The number of rotatable bonds is 1. The van der Waals surface area contributed by atoms with Crippen LogP contribution in [0.1, 0.15) is 18.9 Å². The Hall–Kier alpha value is -1.20. The van der Waals surface area contributed by atoms with E-state index >= 15 is 0 Å². The molecule has 0 radical (unpaired) electrons. The smallest absolute Gasteiger partial charge is 0.224 e. The van der Waals surface area contributed by atoms with Gasteiger partial charge in [0.1, 0.15) is 0 Å². The molecule has 3 rings (SSSR count). The molecule has 1 fully saturated rings. The van der Waals surface area contributed by atoms with Crippen molar-refractivity contribution in [3.05, 3.63) is 17.7 Å². The molecule has 17 heavy (non-hydrogen) atoms. The molecular weight excluding hydrogens is 238 g/mol. The number of nitrogens with zero attached hydrogens (tertiary/aromatic N) is 5. The number of hydrogen-bond acceptors (Lipinski definition) is 4. The van der Waals surface area contributed by atoms with Gasteiger partial charge in [0.2, 0.25) is 5.28 Å². The van der Waals surface area contributed by atoms with E-state index in [4.69, 9.17) is 11.6 Å². The normalized spacial score (nSPS) is 18.9. The van der Waals surface area contributed by atoms with E-state index in [9.17, 15) is 0 Å². The van der Waals surface area contributed by atoms with Crippen LogP contribution in [0.15, 0.2) is 12.4 Å². The second-order valence-electron chi connectivity index (χ2n) is 4.54. The molecule has 0 unspecified atom stereocenters. The first-order valence-corrected chi connectivity index (χ1v) is 6.16. The van der Waals surface area contributed by atoms with Crippen LogP contribution in [0.25, 0.3) is 11.0 Å². The Balaban J connectivity index is 1.97. The number of hydrogen-bond donors (Lipinski definition) is 0. The maximum Gasteiger partial charge on any atom is 0.224 e. The molecule has 2 aromatic rings. The van der Waals surface area contributed by atoms with Crippen molar-refractivity contribution in [3.8, 4) is 0 Å². The van der Waals surface area contributed by atoms with Gasteiger partial charge >= 0.3 is 0 Å². The summed E-state index contributed by atoms with van der Waals surface area (Å²) in [6, 6.07) is 0.426. The first-order valence-electron chi connectivity index (χ1n) is 5.78. The lowest BCUT2D eigenvalue weighted by molar-refractivity contribution is 0.215. The number of halogens is 1. The highest BCUT2D eigenvalue weighted by atomic mass is 35.5. The third-order valence-electron chi connectivity index (χ3n) is 3.34. The maximum atomic E-state index is 5.84. The maximum absolute atomic E-state index is 5.84. The van der Waals surface area contributed by atoms with Gasteiger partial charge in [-0.1, -0.05) is 0 Å². The molecule has 6 heteroatoms. The fourth-order valence-corrected chi connectivity index (χ4v) is 2.45. The molecule has 0 N–H and O–H groups in total. The van der Waals surface area contributed by atoms with Crippen LogP contribution in [0.2, 0.25) is 5.28 Å². The van der Waals surface area contributed by atoms with Crippen molar-refractivity contribution in [3.63, 3.8) is 0 Å². The van der Waals surface area contributed by atoms with Crippen LogP contribution >= 0.6 is 11.6 Å². The van der Waals surface area contributed by atoms with Gasteiger partial charge in [0, 0.05) is 6.20 Å². The number of piperidine rings is 1. The largest absolute Gasteiger partial charge is 0.306 e. The molecule has 1 saturated heterocycles. The van der Waals surface area contributed by atoms with Gasteiger partial charge in [-0.15, -0.1) is 0 Å². The van der Waals surface area contributed by atoms with E-state index in [1.807, 2.05) is 10.9 Å². The molecule has 3 heterocycles. The lowest BCUT2D eigenvalue weighted by Crippen LogP contribution is -2.31. The summed E-state index contributed by atoms with van der Waals surface area (Å²) in [6.07, 6.45) is 5.75. The summed E-state index contributed by atoms with van der Waals surface area (Å²) in [5, 5.41) is 5.66. The molecule has 0 atom stereocenters. The monoisotopic (exact) mass is 251 g/mol. The summed E-state index contributed by atoms with van der Waals surface area (Å²) in [4.78, 5) is 10.6. The summed E-state index contributed by atoms with van der Waals surface area (Å²) in [7, 11) is 2.15. The average Bonchev–Trinajstić information content (AvgIpc) is 2.73. The zero-order valence-corrected chi connectivity index (χ0v) is 10.4. The third kappa shape index (κ3) is 2.00. The topological polar surface area (TPSA) is 46.8 Å². The zero-order chi connectivity index (χ0) is 11.8. The van der Waals surface area contributed by atoms with Gasteiger partial charge in [0.25, 0.3) is 0 Å². The number of likely N-dealkylation sites (tertiary alicyclic amines) is 1. The van der Waals surface area contributed by atoms with Gasteiger partial charge in [-0.05, 0) is 44.6 Å². The molecule has 90 valence electrons. The molecule has 0 bridgehead atoms. The summed E-state index contributed by atoms with van der Waals surface area (Å²) in [6.45, 7) is 2.20. The summed E-state index contributed by atoms with van der Waals surface area (Å²) in [5.41, 5.74) is 0.847. The van der Waals surface area contributed by atoms with Crippen LogP contribution in [-0.2, 0) is 0 Å². The summed E-state index contributed by atoms with van der Waals surface area (Å²) < 4.78 is 2.00. The quantitative estimate of drug-likeness (QED) is 0.725. The lowest BCUT2D eigenvalue weighted by Gasteiger charge is -2.29. The highest BCUT2D eigenvalue weighted by molar-refractivity contribution is 6.28. The fourth-order valence-electron chi connectivity index (χ4n) is 2.32. The molecule has 1 aliphatic rings. The van der Waals surface area contributed by atoms with E-state index in [2.05, 4.69) is 27.0 Å². The number of aromatic nitrogens is 4. The average molecular weight is 252 g/mol. The minimum absolute atomic E-state index is 0.284. The van der Waals surface area contributed by atoms with Gasteiger partial charge in [-0.2, -0.15) is 10.1 Å². The Morgan fingerprint density at radius 1 is 1.29 bits per heavy atom. The third-order valence-corrected chi connectivity index (χ3v) is 3.52. The van der Waals surface area contributed by atoms with E-state index in [-0.39, 0.29) is 5.28 Å². The molecular formula is C11H14ClN5. The van der Waals surface area contributed by atoms with Crippen molar-refractivity contribution >= 4 is 22.6 Å². The predicted octanol–water partition coefficient (Wildman–Crippen LogP) is 1.75. The molecule has 0 spiro atoms. The van der Waals surface area contributed by atoms with Crippen molar-refractivity contribution in [1.29, 1.82) is 0 Å². The predicted molar refractivity (Wildman–Crippen MR) is 66.1 cm³/mol. The standard InChI is InChI=1S/C11H14ClN5/c1-16-4-2-9(3-5-16)17-10-8(7-14-17)6-13-11(12)15-10/h6-7,9H,2-5H2,1H3. The Kier molecular flexibility index (Phi) is 2.72. The van der Waals surface area contributed by atoms with Crippen LogP contribution in [0.4, 0.5) is 0 Å². The van der Waals surface area contributed by atoms with Crippen LogP contribution in [0, 0.1) is 0 Å². The second-order valence-corrected chi connectivity index (χ2v) is 4.88. The summed E-state index contributed by atoms with van der Waals surface area (Å²) in [5.74, 6) is 0. The Morgan fingerprint density at radius 3 is 2.82 bits per heavy atom. The van der Waals surface area contributed by atoms with Gasteiger partial charge in [0.15, 0.2) is 5.65 Å². The van der Waals surface area contributed by atoms with Crippen molar-refractivity contribution in [2.45, 2.75) is 18.9 Å². The Morgan fingerprint density at radius 2 is 2.06 bits per heavy atom. The van der Waals surface area contributed by atoms with E-state index in [0.717, 1.165) is 37.0 Å². The van der Waals surface area contributed by atoms with E-state index in [1.54, 1.807) is 6.20 Å². The SMILES string of the molecule is CN1CCC(n2ncc3cnc(Cl)nc32)CC1. The molecule has 5 nitrogen and oxygen atoms in total. The van der Waals surface area contributed by atoms with E-state index in [0.29, 0.717) is 6.04 Å². The van der Waals surface area contributed by atoms with Gasteiger partial charge in [-0.25, -0.2) is 9.67 Å². The zero-order valence-electron chi connectivity index (χ0n) is 9.67. The van der Waals surface area contributed by atoms with Crippen LogP contribution in [0.3, 0.4) is 0 Å². The van der Waals surface area contributed by atoms with Gasteiger partial charge in [0.05, 0.1) is 17.6 Å². The van der Waals surface area contributed by atoms with E-state index < -0.39 is 0 Å². The minimum Gasteiger partial charge on any atom is -0.306 e. The Labute approximate surface area is 104 Å².